The molecule has 0 saturated carbocycles. The van der Waals surface area contributed by atoms with Crippen LogP contribution in [0.15, 0.2) is 18.2 Å². The van der Waals surface area contributed by atoms with E-state index in [0.29, 0.717) is 5.02 Å². The Kier molecular flexibility index (Phi) is 2.51. The highest BCUT2D eigenvalue weighted by Gasteiger charge is 1.96. The summed E-state index contributed by atoms with van der Waals surface area (Å²) in [6.07, 6.45) is 1.46. The normalized spacial score (nSPS) is 9.18. The average molecular weight is 165 g/mol. The maximum atomic E-state index is 8.33. The number of nitrogens with zero attached hydrogens (tertiary/aromatic N) is 1. The molecule has 1 nitrogen and oxygen atoms in total. The molecule has 1 aromatic carbocycles. The van der Waals surface area contributed by atoms with E-state index in [0.717, 1.165) is 11.1 Å². The van der Waals surface area contributed by atoms with Gasteiger partial charge in [-0.2, -0.15) is 5.26 Å². The van der Waals surface area contributed by atoms with E-state index >= 15 is 0 Å². The van der Waals surface area contributed by atoms with Crippen molar-refractivity contribution in [1.29, 1.82) is 5.26 Å². The largest absolute Gasteiger partial charge is 0.198 e. The maximum absolute atomic E-state index is 8.33. The van der Waals surface area contributed by atoms with E-state index in [1.165, 1.54) is 6.42 Å². The van der Waals surface area contributed by atoms with Crippen LogP contribution in [0.25, 0.3) is 0 Å². The van der Waals surface area contributed by atoms with E-state index in [-0.39, 0.29) is 0 Å². The second kappa shape index (κ2) is 3.41. The number of hydrogen-bond acceptors (Lipinski definition) is 1. The molecule has 0 fully saturated rings. The molecule has 1 rings (SSSR count). The molecular formula is C9H7ClN. The van der Waals surface area contributed by atoms with Gasteiger partial charge in [0.1, 0.15) is 0 Å². The van der Waals surface area contributed by atoms with Crippen LogP contribution in [0.4, 0.5) is 0 Å². The zero-order valence-electron chi connectivity index (χ0n) is 6.13. The first kappa shape index (κ1) is 8.10. The molecule has 0 aromatic heterocycles. The van der Waals surface area contributed by atoms with Crippen molar-refractivity contribution < 1.29 is 0 Å². The van der Waals surface area contributed by atoms with E-state index in [4.69, 9.17) is 16.9 Å². The van der Waals surface area contributed by atoms with E-state index in [1.54, 1.807) is 6.07 Å². The Hall–Kier alpha value is -1.00. The lowest BCUT2D eigenvalue weighted by Crippen LogP contribution is -1.80. The molecule has 0 aliphatic rings. The van der Waals surface area contributed by atoms with E-state index in [2.05, 4.69) is 0 Å². The number of benzene rings is 1. The molecule has 0 heterocycles. The molecule has 0 atom stereocenters. The van der Waals surface area contributed by atoms with Crippen LogP contribution < -0.4 is 0 Å². The lowest BCUT2D eigenvalue weighted by atomic mass is 10.1. The minimum Gasteiger partial charge on any atom is -0.198 e. The Morgan fingerprint density at radius 1 is 1.55 bits per heavy atom. The third kappa shape index (κ3) is 1.96. The van der Waals surface area contributed by atoms with Gasteiger partial charge in [-0.05, 0) is 24.1 Å². The highest BCUT2D eigenvalue weighted by Crippen LogP contribution is 2.17. The Morgan fingerprint density at radius 3 is 2.82 bits per heavy atom. The summed E-state index contributed by atoms with van der Waals surface area (Å²) in [5, 5.41) is 9.03. The van der Waals surface area contributed by atoms with Crippen LogP contribution in [0.5, 0.6) is 0 Å². The van der Waals surface area contributed by atoms with Gasteiger partial charge in [0.2, 0.25) is 0 Å². The van der Waals surface area contributed by atoms with Crippen LogP contribution in [0, 0.1) is 24.7 Å². The van der Waals surface area contributed by atoms with Crippen LogP contribution in [0.2, 0.25) is 5.02 Å². The second-order valence-corrected chi connectivity index (χ2v) is 2.69. The fourth-order valence-corrected chi connectivity index (χ4v) is 0.962. The molecule has 55 valence electrons. The van der Waals surface area contributed by atoms with Crippen molar-refractivity contribution in [3.8, 4) is 6.07 Å². The standard InChI is InChI=1S/C9H7ClN/c1-7-2-3-8(4-5-11)6-9(7)10/h2-4,6H,1H3. The summed E-state index contributed by atoms with van der Waals surface area (Å²) in [7, 11) is 0. The lowest BCUT2D eigenvalue weighted by molar-refractivity contribution is 1.41. The summed E-state index contributed by atoms with van der Waals surface area (Å²) in [6.45, 7) is 1.93. The van der Waals surface area contributed by atoms with Crippen molar-refractivity contribution in [3.05, 3.63) is 40.8 Å². The molecular weight excluding hydrogens is 158 g/mol. The topological polar surface area (TPSA) is 23.8 Å². The summed E-state index contributed by atoms with van der Waals surface area (Å²) in [5.41, 5.74) is 1.88. The van der Waals surface area contributed by atoms with E-state index < -0.39 is 0 Å². The number of hydrogen-bond donors (Lipinski definition) is 0. The van der Waals surface area contributed by atoms with Gasteiger partial charge in [0.05, 0.1) is 12.5 Å². The molecule has 0 N–H and O–H groups in total. The van der Waals surface area contributed by atoms with Gasteiger partial charge >= 0.3 is 0 Å². The maximum Gasteiger partial charge on any atom is 0.0912 e. The van der Waals surface area contributed by atoms with E-state index in [1.807, 2.05) is 25.1 Å². The molecule has 0 unspecified atom stereocenters. The highest BCUT2D eigenvalue weighted by atomic mass is 35.5. The first-order valence-corrected chi connectivity index (χ1v) is 3.61. The number of aryl methyl sites for hydroxylation is 1. The van der Waals surface area contributed by atoms with Crippen molar-refractivity contribution >= 4 is 11.6 Å². The first-order valence-electron chi connectivity index (χ1n) is 3.23. The predicted octanol–water partition coefficient (Wildman–Crippen LogP) is 2.72. The Bertz CT molecular complexity index is 299. The minimum atomic E-state index is 0.703. The fourth-order valence-electron chi connectivity index (χ4n) is 0.773. The van der Waals surface area contributed by atoms with Gasteiger partial charge in [-0.15, -0.1) is 0 Å². The summed E-state index contributed by atoms with van der Waals surface area (Å²) in [6, 6.07) is 7.48. The monoisotopic (exact) mass is 164 g/mol. The first-order chi connectivity index (χ1) is 5.24. The molecule has 11 heavy (non-hydrogen) atoms. The molecule has 0 saturated heterocycles. The smallest absolute Gasteiger partial charge is 0.0912 e. The second-order valence-electron chi connectivity index (χ2n) is 2.28. The quantitative estimate of drug-likeness (QED) is 0.626. The molecule has 1 radical (unpaired) electrons. The Balaban J connectivity index is 2.98. The zero-order valence-corrected chi connectivity index (χ0v) is 6.89. The van der Waals surface area contributed by atoms with Gasteiger partial charge in [0.15, 0.2) is 0 Å². The molecule has 0 aliphatic heterocycles. The molecule has 0 spiro atoms. The third-order valence-electron chi connectivity index (χ3n) is 1.43. The van der Waals surface area contributed by atoms with Crippen LogP contribution in [-0.4, -0.2) is 0 Å². The fraction of sp³-hybridized carbons (Fsp3) is 0.111. The van der Waals surface area contributed by atoms with Crippen molar-refractivity contribution in [1.82, 2.24) is 0 Å². The van der Waals surface area contributed by atoms with Gasteiger partial charge in [-0.25, -0.2) is 0 Å². The van der Waals surface area contributed by atoms with Crippen LogP contribution >= 0.6 is 11.6 Å². The average Bonchev–Trinajstić information content (AvgIpc) is 1.98. The van der Waals surface area contributed by atoms with Gasteiger partial charge in [0.25, 0.3) is 0 Å². The number of nitriles is 1. The van der Waals surface area contributed by atoms with Crippen LogP contribution in [0.3, 0.4) is 0 Å². The van der Waals surface area contributed by atoms with Gasteiger partial charge in [0, 0.05) is 5.02 Å². The van der Waals surface area contributed by atoms with Gasteiger partial charge in [-0.3, -0.25) is 0 Å². The Morgan fingerprint density at radius 2 is 2.27 bits per heavy atom. The molecule has 0 bridgehead atoms. The van der Waals surface area contributed by atoms with Crippen molar-refractivity contribution in [3.63, 3.8) is 0 Å². The molecule has 0 amide bonds. The summed E-state index contributed by atoms with van der Waals surface area (Å²) in [5.74, 6) is 0. The third-order valence-corrected chi connectivity index (χ3v) is 1.83. The van der Waals surface area contributed by atoms with Crippen molar-refractivity contribution in [2.45, 2.75) is 6.92 Å². The lowest BCUT2D eigenvalue weighted by Gasteiger charge is -1.98. The van der Waals surface area contributed by atoms with Crippen LogP contribution in [-0.2, 0) is 0 Å². The highest BCUT2D eigenvalue weighted by molar-refractivity contribution is 6.31. The summed E-state index contributed by atoms with van der Waals surface area (Å²) in [4.78, 5) is 0. The predicted molar refractivity (Wildman–Crippen MR) is 45.2 cm³/mol. The Labute approximate surface area is 71.2 Å². The SMILES string of the molecule is Cc1ccc([CH]C#N)cc1Cl. The van der Waals surface area contributed by atoms with Crippen molar-refractivity contribution in [2.24, 2.45) is 0 Å². The molecule has 1 aromatic rings. The minimum absolute atomic E-state index is 0.703. The van der Waals surface area contributed by atoms with E-state index in [9.17, 15) is 0 Å². The van der Waals surface area contributed by atoms with Gasteiger partial charge < -0.3 is 0 Å². The van der Waals surface area contributed by atoms with Crippen LogP contribution in [0.1, 0.15) is 11.1 Å². The zero-order chi connectivity index (χ0) is 8.27. The van der Waals surface area contributed by atoms with Gasteiger partial charge in [-0.1, -0.05) is 23.7 Å². The summed E-state index contributed by atoms with van der Waals surface area (Å²) >= 11 is 5.82. The molecule has 0 aliphatic carbocycles. The summed E-state index contributed by atoms with van der Waals surface area (Å²) < 4.78 is 0. The number of rotatable bonds is 1. The number of halogens is 1. The molecule has 2 heteroatoms. The van der Waals surface area contributed by atoms with Crippen molar-refractivity contribution in [2.75, 3.05) is 0 Å².